The first-order chi connectivity index (χ1) is 10.1. The first-order valence-corrected chi connectivity index (χ1v) is 8.98. The zero-order valence-electron chi connectivity index (χ0n) is 11.2. The lowest BCUT2D eigenvalue weighted by Crippen LogP contribution is -2.14. The SMILES string of the molecule is CCOC(=O)C1CCc2sc(-c3ncc(Br)cc3Br)nc21. The number of thiazole rings is 1. The summed E-state index contributed by atoms with van der Waals surface area (Å²) in [5, 5.41) is 0.841. The summed E-state index contributed by atoms with van der Waals surface area (Å²) in [5.74, 6) is -0.393. The molecule has 1 aliphatic rings. The number of carbonyl (C=O) groups is 1. The Bertz CT molecular complexity index is 702. The van der Waals surface area contributed by atoms with Crippen LogP contribution in [0.3, 0.4) is 0 Å². The third kappa shape index (κ3) is 2.91. The van der Waals surface area contributed by atoms with Crippen LogP contribution in [0.25, 0.3) is 10.7 Å². The molecule has 21 heavy (non-hydrogen) atoms. The minimum atomic E-state index is -0.223. The van der Waals surface area contributed by atoms with E-state index in [1.807, 2.05) is 13.0 Å². The van der Waals surface area contributed by atoms with Gasteiger partial charge in [0.15, 0.2) is 0 Å². The number of pyridine rings is 1. The first-order valence-electron chi connectivity index (χ1n) is 6.57. The zero-order valence-corrected chi connectivity index (χ0v) is 15.2. The molecule has 7 heteroatoms. The number of hydrogen-bond acceptors (Lipinski definition) is 5. The van der Waals surface area contributed by atoms with Crippen molar-refractivity contribution in [2.24, 2.45) is 0 Å². The molecule has 3 rings (SSSR count). The molecule has 1 atom stereocenters. The van der Waals surface area contributed by atoms with E-state index >= 15 is 0 Å². The van der Waals surface area contributed by atoms with Crippen molar-refractivity contribution >= 4 is 49.2 Å². The topological polar surface area (TPSA) is 52.1 Å². The average molecular weight is 432 g/mol. The van der Waals surface area contributed by atoms with Crippen molar-refractivity contribution < 1.29 is 9.53 Å². The predicted octanol–water partition coefficient (Wildman–Crippen LogP) is 4.32. The Labute approximate surface area is 143 Å². The number of rotatable bonds is 3. The maximum absolute atomic E-state index is 12.0. The van der Waals surface area contributed by atoms with E-state index in [0.29, 0.717) is 6.61 Å². The number of nitrogens with zero attached hydrogens (tertiary/aromatic N) is 2. The van der Waals surface area contributed by atoms with E-state index in [-0.39, 0.29) is 11.9 Å². The molecule has 0 bridgehead atoms. The maximum atomic E-state index is 12.0. The Hall–Kier alpha value is -0.790. The van der Waals surface area contributed by atoms with E-state index in [2.05, 4.69) is 41.8 Å². The van der Waals surface area contributed by atoms with Gasteiger partial charge in [-0.1, -0.05) is 0 Å². The summed E-state index contributed by atoms with van der Waals surface area (Å²) in [5.41, 5.74) is 1.67. The van der Waals surface area contributed by atoms with Gasteiger partial charge in [-0.2, -0.15) is 0 Å². The molecule has 1 aliphatic carbocycles. The maximum Gasteiger partial charge on any atom is 0.315 e. The molecule has 0 aliphatic heterocycles. The van der Waals surface area contributed by atoms with Crippen molar-refractivity contribution in [1.29, 1.82) is 0 Å². The van der Waals surface area contributed by atoms with E-state index < -0.39 is 0 Å². The number of carbonyl (C=O) groups excluding carboxylic acids is 1. The van der Waals surface area contributed by atoms with E-state index in [9.17, 15) is 4.79 Å². The van der Waals surface area contributed by atoms with Gasteiger partial charge in [0, 0.05) is 20.0 Å². The minimum Gasteiger partial charge on any atom is -0.465 e. The van der Waals surface area contributed by atoms with Crippen LogP contribution in [0.4, 0.5) is 0 Å². The second-order valence-electron chi connectivity index (χ2n) is 4.65. The fourth-order valence-corrected chi connectivity index (χ4v) is 4.83. The van der Waals surface area contributed by atoms with Gasteiger partial charge in [0.05, 0.1) is 12.3 Å². The average Bonchev–Trinajstić information content (AvgIpc) is 2.98. The molecule has 2 aromatic heterocycles. The summed E-state index contributed by atoms with van der Waals surface area (Å²) < 4.78 is 6.93. The Morgan fingerprint density at radius 2 is 2.33 bits per heavy atom. The molecule has 0 saturated carbocycles. The molecule has 0 spiro atoms. The van der Waals surface area contributed by atoms with Crippen LogP contribution in [-0.2, 0) is 16.0 Å². The number of halogens is 2. The summed E-state index contributed by atoms with van der Waals surface area (Å²) in [6.07, 6.45) is 3.42. The molecule has 1 unspecified atom stereocenters. The number of esters is 1. The molecule has 0 radical (unpaired) electrons. The smallest absolute Gasteiger partial charge is 0.315 e. The summed E-state index contributed by atoms with van der Waals surface area (Å²) in [4.78, 5) is 22.2. The van der Waals surface area contributed by atoms with Crippen LogP contribution in [0.15, 0.2) is 21.2 Å². The number of fused-ring (bicyclic) bond motifs is 1. The van der Waals surface area contributed by atoms with Gasteiger partial charge in [-0.15, -0.1) is 11.3 Å². The van der Waals surface area contributed by atoms with Crippen LogP contribution < -0.4 is 0 Å². The van der Waals surface area contributed by atoms with Gasteiger partial charge in [-0.05, 0) is 57.7 Å². The van der Waals surface area contributed by atoms with Gasteiger partial charge in [0.2, 0.25) is 0 Å². The third-order valence-corrected chi connectivity index (χ3v) is 5.48. The highest BCUT2D eigenvalue weighted by atomic mass is 79.9. The molecule has 0 N–H and O–H groups in total. The van der Waals surface area contributed by atoms with E-state index in [1.165, 1.54) is 4.88 Å². The molecule has 2 aromatic rings. The fraction of sp³-hybridized carbons (Fsp3) is 0.357. The molecule has 2 heterocycles. The Kier molecular flexibility index (Phi) is 4.42. The summed E-state index contributed by atoms with van der Waals surface area (Å²) >= 11 is 8.51. The van der Waals surface area contributed by atoms with Crippen LogP contribution >= 0.6 is 43.2 Å². The van der Waals surface area contributed by atoms with Crippen molar-refractivity contribution in [3.63, 3.8) is 0 Å². The molecule has 0 saturated heterocycles. The van der Waals surface area contributed by atoms with Gasteiger partial charge in [-0.3, -0.25) is 9.78 Å². The van der Waals surface area contributed by atoms with Crippen molar-refractivity contribution in [1.82, 2.24) is 9.97 Å². The second kappa shape index (κ2) is 6.14. The molecular weight excluding hydrogens is 420 g/mol. The first kappa shape index (κ1) is 15.1. The highest BCUT2D eigenvalue weighted by molar-refractivity contribution is 9.11. The molecule has 0 fully saturated rings. The summed E-state index contributed by atoms with van der Waals surface area (Å²) in [6.45, 7) is 2.23. The number of aromatic nitrogens is 2. The van der Waals surface area contributed by atoms with Gasteiger partial charge < -0.3 is 4.74 Å². The van der Waals surface area contributed by atoms with Crippen LogP contribution in [0.2, 0.25) is 0 Å². The highest BCUT2D eigenvalue weighted by Gasteiger charge is 2.34. The lowest BCUT2D eigenvalue weighted by Gasteiger charge is -2.07. The molecular formula is C14H12Br2N2O2S. The van der Waals surface area contributed by atoms with Crippen molar-refractivity contribution in [3.05, 3.63) is 31.8 Å². The minimum absolute atomic E-state index is 0.170. The van der Waals surface area contributed by atoms with Crippen LogP contribution in [-0.4, -0.2) is 22.5 Å². The Balaban J connectivity index is 1.95. The van der Waals surface area contributed by atoms with Crippen molar-refractivity contribution in [3.8, 4) is 10.7 Å². The van der Waals surface area contributed by atoms with Gasteiger partial charge in [-0.25, -0.2) is 4.98 Å². The highest BCUT2D eigenvalue weighted by Crippen LogP contribution is 2.41. The number of aryl methyl sites for hydroxylation is 1. The quantitative estimate of drug-likeness (QED) is 0.679. The fourth-order valence-electron chi connectivity index (χ4n) is 2.37. The third-order valence-electron chi connectivity index (χ3n) is 3.30. The Morgan fingerprint density at radius 3 is 3.05 bits per heavy atom. The molecule has 0 aromatic carbocycles. The number of ether oxygens (including phenoxy) is 1. The van der Waals surface area contributed by atoms with E-state index in [1.54, 1.807) is 17.5 Å². The lowest BCUT2D eigenvalue weighted by molar-refractivity contribution is -0.145. The standard InChI is InChI=1S/C14H12Br2N2O2S/c1-2-20-14(19)8-3-4-10-11(8)18-13(21-10)12-9(16)5-7(15)6-17-12/h5-6,8H,2-4H2,1H3. The molecule has 0 amide bonds. The van der Waals surface area contributed by atoms with Crippen molar-refractivity contribution in [2.75, 3.05) is 6.61 Å². The van der Waals surface area contributed by atoms with E-state index in [4.69, 9.17) is 4.74 Å². The number of hydrogen-bond donors (Lipinski definition) is 0. The van der Waals surface area contributed by atoms with E-state index in [0.717, 1.165) is 38.2 Å². The van der Waals surface area contributed by atoms with Gasteiger partial charge in [0.1, 0.15) is 16.6 Å². The van der Waals surface area contributed by atoms with Gasteiger partial charge in [0.25, 0.3) is 0 Å². The van der Waals surface area contributed by atoms with Crippen LogP contribution in [0.5, 0.6) is 0 Å². The normalized spacial score (nSPS) is 16.8. The predicted molar refractivity (Wildman–Crippen MR) is 88.4 cm³/mol. The molecule has 4 nitrogen and oxygen atoms in total. The van der Waals surface area contributed by atoms with Crippen LogP contribution in [0, 0.1) is 0 Å². The lowest BCUT2D eigenvalue weighted by atomic mass is 10.1. The van der Waals surface area contributed by atoms with Crippen LogP contribution in [0.1, 0.15) is 29.8 Å². The largest absolute Gasteiger partial charge is 0.465 e. The second-order valence-corrected chi connectivity index (χ2v) is 7.51. The molecule has 110 valence electrons. The summed E-state index contributed by atoms with van der Waals surface area (Å²) in [7, 11) is 0. The Morgan fingerprint density at radius 1 is 1.52 bits per heavy atom. The van der Waals surface area contributed by atoms with Crippen molar-refractivity contribution in [2.45, 2.75) is 25.7 Å². The zero-order chi connectivity index (χ0) is 15.0. The summed E-state index contributed by atoms with van der Waals surface area (Å²) in [6, 6.07) is 1.94. The monoisotopic (exact) mass is 430 g/mol. The van der Waals surface area contributed by atoms with Gasteiger partial charge >= 0.3 is 5.97 Å².